The van der Waals surface area contributed by atoms with Crippen molar-refractivity contribution in [2.75, 3.05) is 11.5 Å². The van der Waals surface area contributed by atoms with Crippen LogP contribution in [0.3, 0.4) is 0 Å². The molecule has 6 nitrogen and oxygen atoms in total. The highest BCUT2D eigenvalue weighted by molar-refractivity contribution is 7.99. The monoisotopic (exact) mass is 433 g/mol. The summed E-state index contributed by atoms with van der Waals surface area (Å²) in [6, 6.07) is 22.5. The lowest BCUT2D eigenvalue weighted by atomic mass is 10.2. The summed E-state index contributed by atoms with van der Waals surface area (Å²) >= 11 is 1.61. The van der Waals surface area contributed by atoms with Gasteiger partial charge in [0.2, 0.25) is 6.10 Å². The molecule has 3 aromatic rings. The zero-order valence-electron chi connectivity index (χ0n) is 16.7. The minimum absolute atomic E-state index is 0.335. The van der Waals surface area contributed by atoms with Crippen LogP contribution in [0.25, 0.3) is 0 Å². The van der Waals surface area contributed by atoms with E-state index in [0.29, 0.717) is 11.5 Å². The number of ether oxygens (including phenoxy) is 3. The maximum atomic E-state index is 13.2. The smallest absolute Gasteiger partial charge is 0.351 e. The van der Waals surface area contributed by atoms with Crippen LogP contribution < -0.4 is 14.4 Å². The molecule has 156 valence electrons. The van der Waals surface area contributed by atoms with Gasteiger partial charge in [0.1, 0.15) is 6.10 Å². The van der Waals surface area contributed by atoms with E-state index in [1.165, 1.54) is 0 Å². The van der Waals surface area contributed by atoms with Gasteiger partial charge in [0.25, 0.3) is 5.91 Å². The van der Waals surface area contributed by atoms with Crippen LogP contribution in [0.15, 0.2) is 82.6 Å². The molecule has 1 amide bonds. The Kier molecular flexibility index (Phi) is 5.03. The second-order valence-corrected chi connectivity index (χ2v) is 8.27. The lowest BCUT2D eigenvalue weighted by Gasteiger charge is -2.32. The van der Waals surface area contributed by atoms with E-state index < -0.39 is 24.8 Å². The van der Waals surface area contributed by atoms with Gasteiger partial charge in [-0.05, 0) is 43.3 Å². The molecule has 2 heterocycles. The molecule has 0 saturated heterocycles. The first kappa shape index (κ1) is 19.5. The molecule has 0 radical (unpaired) electrons. The van der Waals surface area contributed by atoms with Gasteiger partial charge in [-0.3, -0.25) is 9.69 Å². The molecule has 0 aromatic heterocycles. The summed E-state index contributed by atoms with van der Waals surface area (Å²) in [4.78, 5) is 29.4. The quantitative estimate of drug-likeness (QED) is 0.563. The molecule has 0 saturated carbocycles. The number of hydrogen-bond donors (Lipinski definition) is 0. The highest BCUT2D eigenvalue weighted by atomic mass is 32.2. The number of carbonyl (C=O) groups excluding carboxylic acids is 2. The van der Waals surface area contributed by atoms with Gasteiger partial charge < -0.3 is 14.2 Å². The second-order valence-electron chi connectivity index (χ2n) is 7.18. The Hall–Kier alpha value is -3.45. The minimum atomic E-state index is -0.945. The largest absolute Gasteiger partial charge is 0.482 e. The summed E-state index contributed by atoms with van der Waals surface area (Å²) < 4.78 is 16.9. The predicted octanol–water partition coefficient (Wildman–Crippen LogP) is 4.59. The van der Waals surface area contributed by atoms with Crippen molar-refractivity contribution >= 4 is 35.0 Å². The number of anilines is 2. The van der Waals surface area contributed by atoms with Crippen molar-refractivity contribution in [3.05, 3.63) is 72.8 Å². The third-order valence-electron chi connectivity index (χ3n) is 5.09. The fraction of sp³-hybridized carbons (Fsp3) is 0.167. The average Bonchev–Trinajstić information content (AvgIpc) is 2.80. The molecule has 0 aliphatic carbocycles. The summed E-state index contributed by atoms with van der Waals surface area (Å²) in [6.45, 7) is 1.33. The molecular weight excluding hydrogens is 414 g/mol. The van der Waals surface area contributed by atoms with Crippen molar-refractivity contribution in [3.8, 4) is 11.5 Å². The summed E-state index contributed by atoms with van der Waals surface area (Å²) in [7, 11) is 0. The predicted molar refractivity (Wildman–Crippen MR) is 116 cm³/mol. The molecule has 2 aliphatic heterocycles. The number of amides is 1. The van der Waals surface area contributed by atoms with Crippen LogP contribution in [0.2, 0.25) is 0 Å². The minimum Gasteiger partial charge on any atom is -0.482 e. The second kappa shape index (κ2) is 8.00. The van der Waals surface area contributed by atoms with E-state index in [9.17, 15) is 9.59 Å². The number of hydrogen-bond acceptors (Lipinski definition) is 6. The van der Waals surface area contributed by atoms with Gasteiger partial charge in [0, 0.05) is 9.79 Å². The van der Waals surface area contributed by atoms with Gasteiger partial charge in [-0.1, -0.05) is 48.2 Å². The molecule has 0 N–H and O–H groups in total. The van der Waals surface area contributed by atoms with Gasteiger partial charge in [-0.25, -0.2) is 4.79 Å². The number of esters is 1. The SMILES string of the molecule is CC1Oc2ccccc2OC1C(=O)OCC(=O)N1c2ccccc2Sc2ccccc21. The van der Waals surface area contributed by atoms with Crippen LogP contribution in [0.1, 0.15) is 6.92 Å². The van der Waals surface area contributed by atoms with E-state index in [1.807, 2.05) is 54.6 Å². The van der Waals surface area contributed by atoms with E-state index in [0.717, 1.165) is 21.2 Å². The van der Waals surface area contributed by atoms with Crippen LogP contribution in [0, 0.1) is 0 Å². The third kappa shape index (κ3) is 3.61. The Morgan fingerprint density at radius 1 is 0.871 bits per heavy atom. The molecular formula is C24H19NO5S. The molecule has 2 aliphatic rings. The molecule has 7 heteroatoms. The summed E-state index contributed by atoms with van der Waals surface area (Å²) in [5, 5.41) is 0. The molecule has 0 bridgehead atoms. The standard InChI is InChI=1S/C24H19NO5S/c1-15-23(30-19-11-5-4-10-18(19)29-15)24(27)28-14-22(26)25-16-8-2-6-12-20(16)31-21-13-7-3-9-17(21)25/h2-13,15,23H,14H2,1H3. The van der Waals surface area contributed by atoms with Crippen LogP contribution in [0.5, 0.6) is 11.5 Å². The van der Waals surface area contributed by atoms with Gasteiger partial charge in [-0.15, -0.1) is 0 Å². The number of benzene rings is 3. The van der Waals surface area contributed by atoms with Crippen LogP contribution in [-0.2, 0) is 14.3 Å². The molecule has 31 heavy (non-hydrogen) atoms. The molecule has 2 atom stereocenters. The Bertz CT molecular complexity index is 1120. The van der Waals surface area contributed by atoms with E-state index in [4.69, 9.17) is 14.2 Å². The van der Waals surface area contributed by atoms with Gasteiger partial charge in [0.15, 0.2) is 18.1 Å². The first-order valence-electron chi connectivity index (χ1n) is 9.89. The summed E-state index contributed by atoms with van der Waals surface area (Å²) in [5.41, 5.74) is 1.54. The lowest BCUT2D eigenvalue weighted by molar-refractivity contribution is -0.160. The van der Waals surface area contributed by atoms with Crippen molar-refractivity contribution in [1.82, 2.24) is 0 Å². The van der Waals surface area contributed by atoms with Gasteiger partial charge >= 0.3 is 5.97 Å². The van der Waals surface area contributed by atoms with E-state index in [2.05, 4.69) is 0 Å². The van der Waals surface area contributed by atoms with Crippen molar-refractivity contribution < 1.29 is 23.8 Å². The third-order valence-corrected chi connectivity index (χ3v) is 6.22. The summed E-state index contributed by atoms with van der Waals surface area (Å²) in [5.74, 6) is 0.0839. The highest BCUT2D eigenvalue weighted by Crippen LogP contribution is 2.47. The summed E-state index contributed by atoms with van der Waals surface area (Å²) in [6.07, 6.45) is -1.48. The van der Waals surface area contributed by atoms with Crippen LogP contribution in [-0.4, -0.2) is 30.7 Å². The highest BCUT2D eigenvalue weighted by Gasteiger charge is 2.36. The van der Waals surface area contributed by atoms with E-state index >= 15 is 0 Å². The van der Waals surface area contributed by atoms with Crippen molar-refractivity contribution in [3.63, 3.8) is 0 Å². The number of rotatable bonds is 3. The van der Waals surface area contributed by atoms with Crippen LogP contribution in [0.4, 0.5) is 11.4 Å². The zero-order valence-corrected chi connectivity index (χ0v) is 17.5. The maximum Gasteiger partial charge on any atom is 0.351 e. The number of para-hydroxylation sites is 4. The fourth-order valence-electron chi connectivity index (χ4n) is 3.63. The van der Waals surface area contributed by atoms with Crippen molar-refractivity contribution in [1.29, 1.82) is 0 Å². The Morgan fingerprint density at radius 3 is 2.06 bits per heavy atom. The Morgan fingerprint density at radius 2 is 1.42 bits per heavy atom. The first-order chi connectivity index (χ1) is 15.1. The normalized spacial score (nSPS) is 18.5. The van der Waals surface area contributed by atoms with Crippen LogP contribution >= 0.6 is 11.8 Å². The zero-order chi connectivity index (χ0) is 21.4. The lowest BCUT2D eigenvalue weighted by Crippen LogP contribution is -2.45. The molecule has 0 spiro atoms. The number of carbonyl (C=O) groups is 2. The average molecular weight is 433 g/mol. The Labute approximate surface area is 183 Å². The number of fused-ring (bicyclic) bond motifs is 3. The molecule has 2 unspecified atom stereocenters. The Balaban J connectivity index is 1.33. The van der Waals surface area contributed by atoms with Crippen molar-refractivity contribution in [2.45, 2.75) is 28.9 Å². The molecule has 5 rings (SSSR count). The fourth-order valence-corrected chi connectivity index (χ4v) is 4.69. The van der Waals surface area contributed by atoms with Crippen molar-refractivity contribution in [2.24, 2.45) is 0 Å². The molecule has 0 fully saturated rings. The molecule has 3 aromatic carbocycles. The van der Waals surface area contributed by atoms with E-state index in [1.54, 1.807) is 41.8 Å². The van der Waals surface area contributed by atoms with E-state index in [-0.39, 0.29) is 5.91 Å². The first-order valence-corrected chi connectivity index (χ1v) is 10.7. The van der Waals surface area contributed by atoms with Gasteiger partial charge in [-0.2, -0.15) is 0 Å². The maximum absolute atomic E-state index is 13.2. The topological polar surface area (TPSA) is 65.1 Å². The van der Waals surface area contributed by atoms with Gasteiger partial charge in [0.05, 0.1) is 11.4 Å². The number of nitrogens with zero attached hydrogens (tertiary/aromatic N) is 1.